The lowest BCUT2D eigenvalue weighted by atomic mass is 10.0. The average Bonchev–Trinajstić information content (AvgIpc) is 3.15. The van der Waals surface area contributed by atoms with Crippen LogP contribution >= 0.6 is 11.8 Å². The maximum absolute atomic E-state index is 12.2. The van der Waals surface area contributed by atoms with E-state index in [1.165, 1.54) is 11.8 Å². The SMILES string of the molecule is O=C(CSc1nnc(-c2cccc3ccccc23)o1)N1CCOCC1. The van der Waals surface area contributed by atoms with Crippen molar-refractivity contribution in [3.8, 4) is 11.5 Å². The number of nitrogens with zero attached hydrogens (tertiary/aromatic N) is 3. The van der Waals surface area contributed by atoms with Crippen molar-refractivity contribution in [1.29, 1.82) is 0 Å². The molecule has 25 heavy (non-hydrogen) atoms. The van der Waals surface area contributed by atoms with E-state index < -0.39 is 0 Å². The molecule has 0 N–H and O–H groups in total. The summed E-state index contributed by atoms with van der Waals surface area (Å²) in [5, 5.41) is 10.8. The second-order valence-corrected chi connectivity index (χ2v) is 6.61. The van der Waals surface area contributed by atoms with Crippen LogP contribution in [0.5, 0.6) is 0 Å². The molecule has 0 spiro atoms. The van der Waals surface area contributed by atoms with Gasteiger partial charge in [-0.3, -0.25) is 4.79 Å². The number of benzene rings is 2. The van der Waals surface area contributed by atoms with Crippen molar-refractivity contribution in [1.82, 2.24) is 15.1 Å². The minimum absolute atomic E-state index is 0.0678. The maximum atomic E-state index is 12.2. The van der Waals surface area contributed by atoms with Crippen molar-refractivity contribution in [3.05, 3.63) is 42.5 Å². The summed E-state index contributed by atoms with van der Waals surface area (Å²) in [5.74, 6) is 0.827. The van der Waals surface area contributed by atoms with E-state index in [1.54, 1.807) is 4.90 Å². The molecule has 2 heterocycles. The summed E-state index contributed by atoms with van der Waals surface area (Å²) in [6, 6.07) is 14.0. The van der Waals surface area contributed by atoms with Crippen LogP contribution in [0.2, 0.25) is 0 Å². The molecule has 0 atom stereocenters. The lowest BCUT2D eigenvalue weighted by molar-refractivity contribution is -0.132. The number of hydrogen-bond donors (Lipinski definition) is 0. The predicted molar refractivity (Wildman–Crippen MR) is 95.4 cm³/mol. The zero-order valence-electron chi connectivity index (χ0n) is 13.6. The zero-order chi connectivity index (χ0) is 17.1. The first-order chi connectivity index (χ1) is 12.3. The van der Waals surface area contributed by atoms with Gasteiger partial charge in [-0.25, -0.2) is 0 Å². The van der Waals surface area contributed by atoms with E-state index in [2.05, 4.69) is 10.2 Å². The Morgan fingerprint density at radius 2 is 1.88 bits per heavy atom. The number of thioether (sulfide) groups is 1. The van der Waals surface area contributed by atoms with Crippen LogP contribution in [0.3, 0.4) is 0 Å². The van der Waals surface area contributed by atoms with Gasteiger partial charge in [0.1, 0.15) is 0 Å². The molecule has 1 aliphatic rings. The van der Waals surface area contributed by atoms with Gasteiger partial charge in [-0.05, 0) is 16.8 Å². The fourth-order valence-corrected chi connectivity index (χ4v) is 3.48. The summed E-state index contributed by atoms with van der Waals surface area (Å²) < 4.78 is 11.0. The zero-order valence-corrected chi connectivity index (χ0v) is 14.4. The van der Waals surface area contributed by atoms with Gasteiger partial charge in [0, 0.05) is 18.7 Å². The average molecular weight is 355 g/mol. The fourth-order valence-electron chi connectivity index (χ4n) is 2.82. The van der Waals surface area contributed by atoms with Crippen molar-refractivity contribution >= 4 is 28.4 Å². The van der Waals surface area contributed by atoms with Crippen LogP contribution in [-0.4, -0.2) is 53.1 Å². The Bertz CT molecular complexity index is 885. The van der Waals surface area contributed by atoms with Crippen LogP contribution in [0.1, 0.15) is 0 Å². The van der Waals surface area contributed by atoms with Crippen molar-refractivity contribution in [2.75, 3.05) is 32.1 Å². The first-order valence-electron chi connectivity index (χ1n) is 8.11. The molecule has 0 saturated carbocycles. The van der Waals surface area contributed by atoms with Crippen LogP contribution in [0.15, 0.2) is 52.1 Å². The van der Waals surface area contributed by atoms with Gasteiger partial charge in [-0.2, -0.15) is 0 Å². The normalized spacial score (nSPS) is 14.8. The Morgan fingerprint density at radius 1 is 1.08 bits per heavy atom. The molecule has 1 aliphatic heterocycles. The van der Waals surface area contributed by atoms with Crippen LogP contribution < -0.4 is 0 Å². The summed E-state index contributed by atoms with van der Waals surface area (Å²) >= 11 is 1.27. The molecule has 2 aromatic carbocycles. The maximum Gasteiger partial charge on any atom is 0.277 e. The molecule has 3 aromatic rings. The number of ether oxygens (including phenoxy) is 1. The smallest absolute Gasteiger partial charge is 0.277 e. The molecule has 0 radical (unpaired) electrons. The third kappa shape index (κ3) is 3.52. The second kappa shape index (κ2) is 7.25. The van der Waals surface area contributed by atoms with E-state index >= 15 is 0 Å². The van der Waals surface area contributed by atoms with E-state index in [4.69, 9.17) is 9.15 Å². The van der Waals surface area contributed by atoms with E-state index in [-0.39, 0.29) is 11.7 Å². The van der Waals surface area contributed by atoms with Crippen molar-refractivity contribution in [2.45, 2.75) is 5.22 Å². The monoisotopic (exact) mass is 355 g/mol. The molecule has 0 bridgehead atoms. The van der Waals surface area contributed by atoms with E-state index in [9.17, 15) is 4.79 Å². The number of carbonyl (C=O) groups excluding carboxylic acids is 1. The van der Waals surface area contributed by atoms with Crippen LogP contribution in [0, 0.1) is 0 Å². The van der Waals surface area contributed by atoms with E-state index in [0.29, 0.717) is 37.4 Å². The lowest BCUT2D eigenvalue weighted by Gasteiger charge is -2.26. The number of amides is 1. The van der Waals surface area contributed by atoms with Crippen molar-refractivity contribution < 1.29 is 13.9 Å². The lowest BCUT2D eigenvalue weighted by Crippen LogP contribution is -2.41. The molecular weight excluding hydrogens is 338 g/mol. The third-order valence-electron chi connectivity index (χ3n) is 4.11. The summed E-state index contributed by atoms with van der Waals surface area (Å²) in [4.78, 5) is 14.0. The Kier molecular flexibility index (Phi) is 4.67. The van der Waals surface area contributed by atoms with Gasteiger partial charge in [0.2, 0.25) is 11.8 Å². The molecule has 7 heteroatoms. The molecule has 1 aromatic heterocycles. The molecule has 1 fully saturated rings. The third-order valence-corrected chi connectivity index (χ3v) is 4.91. The largest absolute Gasteiger partial charge is 0.411 e. The number of fused-ring (bicyclic) bond motifs is 1. The van der Waals surface area contributed by atoms with Crippen LogP contribution in [0.25, 0.3) is 22.2 Å². The first-order valence-corrected chi connectivity index (χ1v) is 9.10. The molecule has 0 aliphatic carbocycles. The first kappa shape index (κ1) is 16.1. The summed E-state index contributed by atoms with van der Waals surface area (Å²) in [7, 11) is 0. The Balaban J connectivity index is 1.47. The van der Waals surface area contributed by atoms with Crippen LogP contribution in [0.4, 0.5) is 0 Å². The van der Waals surface area contributed by atoms with E-state index in [1.807, 2.05) is 42.5 Å². The number of rotatable bonds is 4. The molecule has 0 unspecified atom stereocenters. The van der Waals surface area contributed by atoms with Crippen molar-refractivity contribution in [2.24, 2.45) is 0 Å². The molecule has 1 amide bonds. The molecule has 4 rings (SSSR count). The second-order valence-electron chi connectivity index (χ2n) is 5.68. The molecule has 6 nitrogen and oxygen atoms in total. The standard InChI is InChI=1S/C18H17N3O3S/c22-16(21-8-10-23-11-9-21)12-25-18-20-19-17(24-18)15-7-3-5-13-4-1-2-6-14(13)15/h1-7H,8-12H2. The topological polar surface area (TPSA) is 68.5 Å². The highest BCUT2D eigenvalue weighted by Crippen LogP contribution is 2.29. The van der Waals surface area contributed by atoms with Gasteiger partial charge >= 0.3 is 0 Å². The predicted octanol–water partition coefficient (Wildman–Crippen LogP) is 2.84. The van der Waals surface area contributed by atoms with Gasteiger partial charge in [0.15, 0.2) is 0 Å². The Morgan fingerprint density at radius 3 is 2.76 bits per heavy atom. The van der Waals surface area contributed by atoms with Crippen molar-refractivity contribution in [3.63, 3.8) is 0 Å². The molecular formula is C18H17N3O3S. The number of hydrogen-bond acceptors (Lipinski definition) is 6. The highest BCUT2D eigenvalue weighted by molar-refractivity contribution is 7.99. The van der Waals surface area contributed by atoms with Gasteiger partial charge in [0.05, 0.1) is 19.0 Å². The summed E-state index contributed by atoms with van der Waals surface area (Å²) in [6.07, 6.45) is 0. The Hall–Kier alpha value is -2.38. The van der Waals surface area contributed by atoms with Crippen LogP contribution in [-0.2, 0) is 9.53 Å². The number of carbonyl (C=O) groups is 1. The van der Waals surface area contributed by atoms with Gasteiger partial charge in [0.25, 0.3) is 5.22 Å². The quantitative estimate of drug-likeness (QED) is 0.671. The van der Waals surface area contributed by atoms with Gasteiger partial charge < -0.3 is 14.1 Å². The minimum atomic E-state index is 0.0678. The highest BCUT2D eigenvalue weighted by Gasteiger charge is 2.18. The number of aromatic nitrogens is 2. The number of morpholine rings is 1. The minimum Gasteiger partial charge on any atom is -0.411 e. The Labute approximate surface area is 149 Å². The van der Waals surface area contributed by atoms with Gasteiger partial charge in [-0.1, -0.05) is 48.2 Å². The fraction of sp³-hybridized carbons (Fsp3) is 0.278. The van der Waals surface area contributed by atoms with Gasteiger partial charge in [-0.15, -0.1) is 10.2 Å². The molecule has 1 saturated heterocycles. The summed E-state index contributed by atoms with van der Waals surface area (Å²) in [5.41, 5.74) is 0.900. The molecule has 128 valence electrons. The van der Waals surface area contributed by atoms with E-state index in [0.717, 1.165) is 16.3 Å². The highest BCUT2D eigenvalue weighted by atomic mass is 32.2. The summed E-state index contributed by atoms with van der Waals surface area (Å²) in [6.45, 7) is 2.49.